The first-order chi connectivity index (χ1) is 32.2. The second kappa shape index (κ2) is 14.1. The van der Waals surface area contributed by atoms with E-state index in [4.69, 9.17) is 9.97 Å². The highest BCUT2D eigenvalue weighted by molar-refractivity contribution is 7.22. The molecule has 0 N–H and O–H groups in total. The predicted molar refractivity (Wildman–Crippen MR) is 275 cm³/mol. The molecule has 65 heavy (non-hydrogen) atoms. The Bertz CT molecular complexity index is 4230. The van der Waals surface area contributed by atoms with Crippen molar-refractivity contribution in [2.24, 2.45) is 0 Å². The van der Waals surface area contributed by atoms with Gasteiger partial charge < -0.3 is 4.57 Å². The summed E-state index contributed by atoms with van der Waals surface area (Å²) in [5.74, 6) is 0.654. The summed E-state index contributed by atoms with van der Waals surface area (Å²) in [4.78, 5) is 12.3. The molecule has 0 atom stereocenters. The van der Waals surface area contributed by atoms with Gasteiger partial charge in [0.1, 0.15) is 0 Å². The van der Waals surface area contributed by atoms with Gasteiger partial charge in [0.25, 0.3) is 0 Å². The van der Waals surface area contributed by atoms with Crippen LogP contribution in [-0.4, -0.2) is 19.1 Å². The topological polar surface area (TPSA) is 35.6 Å². The number of para-hydroxylation sites is 2. The monoisotopic (exact) mass is 844 g/mol. The minimum absolute atomic E-state index is 0.654. The molecule has 0 fully saturated rings. The molecule has 4 nitrogen and oxygen atoms in total. The highest BCUT2D eigenvalue weighted by Gasteiger charge is 2.23. The predicted octanol–water partition coefficient (Wildman–Crippen LogP) is 16.3. The van der Waals surface area contributed by atoms with E-state index in [0.717, 1.165) is 59.9 Å². The van der Waals surface area contributed by atoms with Crippen molar-refractivity contribution < 1.29 is 0 Å². The zero-order valence-corrected chi connectivity index (χ0v) is 35.8. The fourth-order valence-corrected chi connectivity index (χ4v) is 11.6. The lowest BCUT2D eigenvalue weighted by Crippen LogP contribution is -2.03. The first kappa shape index (κ1) is 36.1. The number of aromatic nitrogens is 4. The molecule has 0 spiro atoms. The molecule has 14 aromatic rings. The van der Waals surface area contributed by atoms with Crippen molar-refractivity contribution in [2.75, 3.05) is 0 Å². The lowest BCUT2D eigenvalue weighted by molar-refractivity contribution is 1.02. The van der Waals surface area contributed by atoms with E-state index in [-0.39, 0.29) is 0 Å². The molecule has 0 unspecified atom stereocenters. The second-order valence-electron chi connectivity index (χ2n) is 16.9. The summed E-state index contributed by atoms with van der Waals surface area (Å²) in [5, 5.41) is 12.1. The van der Waals surface area contributed by atoms with Crippen molar-refractivity contribution in [3.8, 4) is 44.5 Å². The van der Waals surface area contributed by atoms with Crippen molar-refractivity contribution in [3.05, 3.63) is 218 Å². The molecule has 10 aromatic carbocycles. The Labute approximate surface area is 377 Å². The first-order valence-corrected chi connectivity index (χ1v) is 22.9. The van der Waals surface area contributed by atoms with Crippen LogP contribution in [0.4, 0.5) is 0 Å². The van der Waals surface area contributed by atoms with Crippen LogP contribution in [0.15, 0.2) is 218 Å². The van der Waals surface area contributed by atoms with Crippen LogP contribution in [0.3, 0.4) is 0 Å². The van der Waals surface area contributed by atoms with Gasteiger partial charge in [-0.1, -0.05) is 182 Å². The smallest absolute Gasteiger partial charge is 0.235 e. The molecule has 14 rings (SSSR count). The van der Waals surface area contributed by atoms with Gasteiger partial charge in [-0.15, -0.1) is 11.3 Å². The summed E-state index contributed by atoms with van der Waals surface area (Å²) in [5.41, 5.74) is 12.1. The molecule has 0 bridgehead atoms. The Kier molecular flexibility index (Phi) is 7.82. The summed E-state index contributed by atoms with van der Waals surface area (Å²) < 4.78 is 5.84. The molecule has 302 valence electrons. The van der Waals surface area contributed by atoms with Crippen molar-refractivity contribution in [3.63, 3.8) is 0 Å². The maximum atomic E-state index is 5.56. The van der Waals surface area contributed by atoms with Crippen molar-refractivity contribution in [1.82, 2.24) is 19.1 Å². The van der Waals surface area contributed by atoms with Gasteiger partial charge in [-0.3, -0.25) is 4.57 Å². The average molecular weight is 845 g/mol. The summed E-state index contributed by atoms with van der Waals surface area (Å²) in [7, 11) is 0. The van der Waals surface area contributed by atoms with Crippen LogP contribution in [0.2, 0.25) is 0 Å². The number of rotatable bonds is 5. The van der Waals surface area contributed by atoms with E-state index in [1.807, 2.05) is 0 Å². The Morgan fingerprint density at radius 1 is 0.369 bits per heavy atom. The van der Waals surface area contributed by atoms with Gasteiger partial charge in [0.05, 0.1) is 38.0 Å². The Balaban J connectivity index is 1.05. The molecule has 5 heteroatoms. The van der Waals surface area contributed by atoms with Crippen LogP contribution in [-0.2, 0) is 0 Å². The zero-order valence-electron chi connectivity index (χ0n) is 35.0. The van der Waals surface area contributed by atoms with E-state index in [1.165, 1.54) is 64.7 Å². The molecule has 0 aliphatic rings. The van der Waals surface area contributed by atoms with Gasteiger partial charge in [0, 0.05) is 48.6 Å². The molecule has 0 aliphatic carbocycles. The van der Waals surface area contributed by atoms with Gasteiger partial charge in [0.15, 0.2) is 0 Å². The van der Waals surface area contributed by atoms with E-state index in [9.17, 15) is 0 Å². The van der Waals surface area contributed by atoms with Gasteiger partial charge >= 0.3 is 0 Å². The highest BCUT2D eigenvalue weighted by Crippen LogP contribution is 2.45. The molecule has 0 aliphatic heterocycles. The van der Waals surface area contributed by atoms with E-state index in [1.54, 1.807) is 11.3 Å². The largest absolute Gasteiger partial charge is 0.309 e. The summed E-state index contributed by atoms with van der Waals surface area (Å²) in [6.07, 6.45) is 0. The third-order valence-electron chi connectivity index (χ3n) is 13.3. The van der Waals surface area contributed by atoms with Crippen LogP contribution in [0.1, 0.15) is 0 Å². The van der Waals surface area contributed by atoms with E-state index in [2.05, 4.69) is 228 Å². The minimum atomic E-state index is 0.654. The Morgan fingerprint density at radius 2 is 1.00 bits per heavy atom. The Morgan fingerprint density at radius 3 is 1.83 bits per heavy atom. The molecule has 4 heterocycles. The molecule has 0 radical (unpaired) electrons. The van der Waals surface area contributed by atoms with Crippen LogP contribution >= 0.6 is 11.3 Å². The lowest BCUT2D eigenvalue weighted by atomic mass is 9.98. The molecule has 0 saturated carbocycles. The van der Waals surface area contributed by atoms with Gasteiger partial charge in [0.2, 0.25) is 5.95 Å². The summed E-state index contributed by atoms with van der Waals surface area (Å²) in [6, 6.07) is 79.1. The normalized spacial score (nSPS) is 12.0. The molecule has 0 amide bonds. The molecular weight excluding hydrogens is 809 g/mol. The van der Waals surface area contributed by atoms with Gasteiger partial charge in [-0.2, -0.15) is 0 Å². The van der Waals surface area contributed by atoms with E-state index < -0.39 is 0 Å². The molecule has 0 saturated heterocycles. The highest BCUT2D eigenvalue weighted by atomic mass is 32.1. The van der Waals surface area contributed by atoms with Crippen LogP contribution in [0.5, 0.6) is 0 Å². The standard InChI is InChI=1S/C60H36N4S/c1-3-18-40(19-4-1)56-59-51(36-54(65-59)47-27-13-20-37-15-7-10-23-43(37)47)61-60(62-56)64-52-33-31-41(35-50(52)48-32-29-39-17-9-12-25-45(39)57(48)64)46-26-14-28-49-55-44-24-11-8-16-38(44)30-34-53(55)63(58(46)49)42-21-5-2-6-22-42/h1-36H. The van der Waals surface area contributed by atoms with Gasteiger partial charge in [-0.05, 0) is 74.5 Å². The lowest BCUT2D eigenvalue weighted by Gasteiger charge is -2.12. The van der Waals surface area contributed by atoms with Gasteiger partial charge in [-0.25, -0.2) is 9.97 Å². The fourth-order valence-electron chi connectivity index (χ4n) is 10.5. The maximum Gasteiger partial charge on any atom is 0.235 e. The summed E-state index contributed by atoms with van der Waals surface area (Å²) >= 11 is 1.77. The first-order valence-electron chi connectivity index (χ1n) is 22.1. The Hall–Kier alpha value is -8.38. The fraction of sp³-hybridized carbons (Fsp3) is 0. The summed E-state index contributed by atoms with van der Waals surface area (Å²) in [6.45, 7) is 0. The van der Waals surface area contributed by atoms with E-state index >= 15 is 0 Å². The number of fused-ring (bicyclic) bond motifs is 12. The van der Waals surface area contributed by atoms with Crippen LogP contribution < -0.4 is 0 Å². The second-order valence-corrected chi connectivity index (χ2v) is 17.9. The van der Waals surface area contributed by atoms with Crippen molar-refractivity contribution >= 4 is 97.5 Å². The maximum absolute atomic E-state index is 5.56. The molecular formula is C60H36N4S. The quantitative estimate of drug-likeness (QED) is 0.173. The number of hydrogen-bond acceptors (Lipinski definition) is 3. The third-order valence-corrected chi connectivity index (χ3v) is 14.5. The third kappa shape index (κ3) is 5.43. The zero-order chi connectivity index (χ0) is 42.6. The van der Waals surface area contributed by atoms with Crippen LogP contribution in [0.25, 0.3) is 131 Å². The van der Waals surface area contributed by atoms with E-state index in [0.29, 0.717) is 5.95 Å². The number of hydrogen-bond donors (Lipinski definition) is 0. The van der Waals surface area contributed by atoms with Crippen molar-refractivity contribution in [1.29, 1.82) is 0 Å². The SMILES string of the molecule is c1ccc(-c2nc(-n3c4ccc(-c5cccc6c7c8ccccc8ccc7n(-c7ccccc7)c56)cc4c4ccc5ccccc5c43)nc3cc(-c4cccc5ccccc45)sc23)cc1. The average Bonchev–Trinajstić information content (AvgIpc) is 4.07. The number of thiophene rings is 1. The minimum Gasteiger partial charge on any atom is -0.309 e. The number of nitrogens with zero attached hydrogens (tertiary/aromatic N) is 4. The number of benzene rings is 10. The van der Waals surface area contributed by atoms with Crippen molar-refractivity contribution in [2.45, 2.75) is 0 Å². The molecule has 4 aromatic heterocycles. The van der Waals surface area contributed by atoms with Crippen LogP contribution in [0, 0.1) is 0 Å².